The van der Waals surface area contributed by atoms with Gasteiger partial charge in [0.15, 0.2) is 0 Å². The molecule has 1 aromatic carbocycles. The molecule has 1 aromatic rings. The predicted octanol–water partition coefficient (Wildman–Crippen LogP) is 5.27. The van der Waals surface area contributed by atoms with Crippen LogP contribution < -0.4 is 0 Å². The van der Waals surface area contributed by atoms with Crippen LogP contribution in [0.3, 0.4) is 0 Å². The molecule has 1 heteroatoms. The van der Waals surface area contributed by atoms with E-state index < -0.39 is 0 Å². The maximum atomic E-state index is 4.01. The van der Waals surface area contributed by atoms with Crippen LogP contribution in [0, 0.1) is 13.0 Å². The molecule has 0 fully saturated rings. The van der Waals surface area contributed by atoms with Crippen molar-refractivity contribution in [1.82, 2.24) is 0 Å². The van der Waals surface area contributed by atoms with Crippen molar-refractivity contribution in [1.29, 1.82) is 0 Å². The molecular weight excluding hydrogens is 323 g/mol. The molecule has 0 unspecified atom stereocenters. The zero-order valence-electron chi connectivity index (χ0n) is 12.0. The van der Waals surface area contributed by atoms with Gasteiger partial charge in [-0.15, -0.1) is 0 Å². The molecule has 0 atom stereocenters. The molecule has 0 saturated carbocycles. The van der Waals surface area contributed by atoms with Gasteiger partial charge < -0.3 is 6.92 Å². The first-order valence-corrected chi connectivity index (χ1v) is 6.73. The van der Waals surface area contributed by atoms with E-state index in [0.717, 1.165) is 5.56 Å². The maximum Gasteiger partial charge on any atom is 2.00 e. The Hall–Kier alpha value is -0.638. The monoisotopic (exact) mass is 346 g/mol. The summed E-state index contributed by atoms with van der Waals surface area (Å²) in [5.74, 6) is 0. The summed E-state index contributed by atoms with van der Waals surface area (Å²) in [6.45, 7) is 8.17. The average Bonchev–Trinajstić information content (AvgIpc) is 2.29. The van der Waals surface area contributed by atoms with Crippen molar-refractivity contribution < 1.29 is 20.4 Å². The van der Waals surface area contributed by atoms with E-state index in [-0.39, 0.29) is 25.8 Å². The Kier molecular flexibility index (Phi) is 9.84. The quantitative estimate of drug-likeness (QED) is 0.369. The van der Waals surface area contributed by atoms with Crippen molar-refractivity contribution >= 4 is 0 Å². The molecule has 19 heavy (non-hydrogen) atoms. The van der Waals surface area contributed by atoms with Crippen LogP contribution in [0.1, 0.15) is 45.1 Å². The molecule has 1 aliphatic rings. The van der Waals surface area contributed by atoms with Crippen molar-refractivity contribution in [3.05, 3.63) is 67.1 Å². The Morgan fingerprint density at radius 1 is 0.947 bits per heavy atom. The van der Waals surface area contributed by atoms with Crippen molar-refractivity contribution in [2.75, 3.05) is 0 Å². The van der Waals surface area contributed by atoms with Crippen LogP contribution in [0.4, 0.5) is 0 Å². The van der Waals surface area contributed by atoms with E-state index in [9.17, 15) is 0 Å². The smallest absolute Gasteiger partial charge is 0.335 e. The molecule has 0 saturated heterocycles. The number of allylic oxidation sites excluding steroid dienone is 4. The van der Waals surface area contributed by atoms with E-state index in [1.807, 2.05) is 24.3 Å². The van der Waals surface area contributed by atoms with Gasteiger partial charge in [-0.05, 0) is 25.7 Å². The first-order chi connectivity index (χ1) is 8.61. The summed E-state index contributed by atoms with van der Waals surface area (Å²) in [6, 6.07) is 11.1. The molecule has 0 radical (unpaired) electrons. The van der Waals surface area contributed by atoms with Crippen molar-refractivity contribution in [3.63, 3.8) is 0 Å². The molecule has 0 heterocycles. The zero-order chi connectivity index (χ0) is 13.3. The number of hydrogen-bond donors (Lipinski definition) is 0. The fourth-order valence-electron chi connectivity index (χ4n) is 1.67. The van der Waals surface area contributed by atoms with Gasteiger partial charge in [0.05, 0.1) is 0 Å². The molecule has 0 N–H and O–H groups in total. The van der Waals surface area contributed by atoms with Crippen LogP contribution in [0.2, 0.25) is 0 Å². The third-order valence-corrected chi connectivity index (χ3v) is 2.77. The second kappa shape index (κ2) is 10.2. The van der Waals surface area contributed by atoms with Gasteiger partial charge in [0, 0.05) is 0 Å². The van der Waals surface area contributed by atoms with Crippen molar-refractivity contribution in [2.45, 2.75) is 44.9 Å². The first kappa shape index (κ1) is 18.4. The Morgan fingerprint density at radius 2 is 1.42 bits per heavy atom. The summed E-state index contributed by atoms with van der Waals surface area (Å²) < 4.78 is 0. The summed E-state index contributed by atoms with van der Waals surface area (Å²) in [4.78, 5) is 0. The van der Waals surface area contributed by atoms with Gasteiger partial charge in [0.2, 0.25) is 0 Å². The number of hydrogen-bond acceptors (Lipinski definition) is 0. The van der Waals surface area contributed by atoms with E-state index in [4.69, 9.17) is 0 Å². The SMILES string of the molecule is C1=CCC/C=C\CC1.[CH2-]C(C)(C)c1[c-]cccc1.[Pd+2]. The molecule has 0 aromatic heterocycles. The van der Waals surface area contributed by atoms with Gasteiger partial charge in [-0.2, -0.15) is 41.3 Å². The van der Waals surface area contributed by atoms with Gasteiger partial charge >= 0.3 is 20.4 Å². The van der Waals surface area contributed by atoms with Crippen LogP contribution in [-0.2, 0) is 25.8 Å². The molecular formula is C18H24Pd. The Morgan fingerprint density at radius 3 is 1.68 bits per heavy atom. The van der Waals surface area contributed by atoms with Crippen LogP contribution in [0.25, 0.3) is 0 Å². The normalized spacial score (nSPS) is 16.2. The summed E-state index contributed by atoms with van der Waals surface area (Å²) in [6.07, 6.45) is 14.0. The maximum absolute atomic E-state index is 4.01. The van der Waals surface area contributed by atoms with E-state index in [0.29, 0.717) is 0 Å². The fraction of sp³-hybridized carbons (Fsp3) is 0.389. The topological polar surface area (TPSA) is 0 Å². The minimum atomic E-state index is -0.0126. The molecule has 1 aliphatic carbocycles. The summed E-state index contributed by atoms with van der Waals surface area (Å²) in [5, 5.41) is 0. The van der Waals surface area contributed by atoms with Crippen molar-refractivity contribution in [3.8, 4) is 0 Å². The van der Waals surface area contributed by atoms with E-state index in [1.54, 1.807) is 0 Å². The summed E-state index contributed by atoms with van der Waals surface area (Å²) in [5.41, 5.74) is 1.15. The summed E-state index contributed by atoms with van der Waals surface area (Å²) in [7, 11) is 0. The molecule has 0 spiro atoms. The van der Waals surface area contributed by atoms with Crippen LogP contribution in [0.5, 0.6) is 0 Å². The minimum absolute atomic E-state index is 0. The molecule has 2 rings (SSSR count). The average molecular weight is 347 g/mol. The zero-order valence-corrected chi connectivity index (χ0v) is 13.5. The summed E-state index contributed by atoms with van der Waals surface area (Å²) >= 11 is 0. The van der Waals surface area contributed by atoms with Crippen molar-refractivity contribution in [2.24, 2.45) is 0 Å². The minimum Gasteiger partial charge on any atom is -0.335 e. The van der Waals surface area contributed by atoms with Gasteiger partial charge in [-0.25, -0.2) is 0 Å². The predicted molar refractivity (Wildman–Crippen MR) is 80.4 cm³/mol. The number of benzene rings is 1. The number of rotatable bonds is 1. The molecule has 106 valence electrons. The van der Waals surface area contributed by atoms with Crippen LogP contribution in [-0.4, -0.2) is 0 Å². The second-order valence-corrected chi connectivity index (χ2v) is 5.26. The fourth-order valence-corrected chi connectivity index (χ4v) is 1.67. The standard InChI is InChI=1S/C10H12.C8H12.Pd/c1-10(2,3)9-7-5-4-6-8-9;1-2-4-6-8-7-5-3-1;/h4-7H,1H2,2-3H3;1-2,7-8H,3-6H2;/q-2;;+2/b;2-1-,8-7?;. The Labute approximate surface area is 132 Å². The third-order valence-electron chi connectivity index (χ3n) is 2.77. The van der Waals surface area contributed by atoms with Gasteiger partial charge in [-0.3, -0.25) is 0 Å². The van der Waals surface area contributed by atoms with E-state index in [1.165, 1.54) is 25.7 Å². The van der Waals surface area contributed by atoms with Gasteiger partial charge in [0.25, 0.3) is 0 Å². The largest absolute Gasteiger partial charge is 2.00 e. The molecule has 0 bridgehead atoms. The second-order valence-electron chi connectivity index (χ2n) is 5.26. The van der Waals surface area contributed by atoms with Crippen LogP contribution in [0.15, 0.2) is 48.6 Å². The van der Waals surface area contributed by atoms with E-state index in [2.05, 4.69) is 51.1 Å². The third kappa shape index (κ3) is 8.98. The Balaban J connectivity index is 0.000000331. The van der Waals surface area contributed by atoms with E-state index >= 15 is 0 Å². The van der Waals surface area contributed by atoms with Gasteiger partial charge in [0.1, 0.15) is 0 Å². The molecule has 0 amide bonds. The van der Waals surface area contributed by atoms with Gasteiger partial charge in [-0.1, -0.05) is 38.2 Å². The Bertz CT molecular complexity index is 342. The molecule has 0 nitrogen and oxygen atoms in total. The first-order valence-electron chi connectivity index (χ1n) is 6.73. The van der Waals surface area contributed by atoms with Crippen LogP contribution >= 0.6 is 0 Å². The molecule has 0 aliphatic heterocycles.